The van der Waals surface area contributed by atoms with Crippen LogP contribution in [0.1, 0.15) is 26.0 Å². The monoisotopic (exact) mass is 233 g/mol. The van der Waals surface area contributed by atoms with E-state index in [4.69, 9.17) is 5.26 Å². The number of anilines is 1. The van der Waals surface area contributed by atoms with Crippen molar-refractivity contribution in [3.63, 3.8) is 0 Å². The molecule has 1 rings (SSSR count). The molecule has 0 fully saturated rings. The van der Waals surface area contributed by atoms with Gasteiger partial charge < -0.3 is 10.2 Å². The van der Waals surface area contributed by atoms with Crippen LogP contribution in [-0.2, 0) is 0 Å². The number of aromatic nitrogens is 2. The summed E-state index contributed by atoms with van der Waals surface area (Å²) in [5, 5.41) is 12.0. The van der Waals surface area contributed by atoms with Gasteiger partial charge in [-0.2, -0.15) is 5.26 Å². The molecule has 1 aromatic heterocycles. The Hall–Kier alpha value is -1.67. The summed E-state index contributed by atoms with van der Waals surface area (Å²) in [6, 6.07) is 2.57. The minimum atomic E-state index is 0.352. The zero-order valence-electron chi connectivity index (χ0n) is 10.6. The van der Waals surface area contributed by atoms with Gasteiger partial charge in [-0.1, -0.05) is 0 Å². The maximum atomic E-state index is 8.84. The molecule has 0 amide bonds. The summed E-state index contributed by atoms with van der Waals surface area (Å²) in [4.78, 5) is 10.3. The standard InChI is InChI=1S/C12H19N5/c1-10(2)17(3)8-4-5-15-12-11(9-13)14-6-7-16-12/h6-7,10H,4-5,8H2,1-3H3,(H,15,16). The molecule has 0 aliphatic carbocycles. The maximum absolute atomic E-state index is 8.84. The van der Waals surface area contributed by atoms with Crippen LogP contribution in [0.15, 0.2) is 12.4 Å². The van der Waals surface area contributed by atoms with Gasteiger partial charge in [0.15, 0.2) is 11.5 Å². The van der Waals surface area contributed by atoms with Crippen LogP contribution in [0.4, 0.5) is 5.82 Å². The van der Waals surface area contributed by atoms with E-state index in [1.165, 1.54) is 6.20 Å². The molecular formula is C12H19N5. The predicted octanol–water partition coefficient (Wildman–Crippen LogP) is 1.49. The van der Waals surface area contributed by atoms with Gasteiger partial charge in [-0.15, -0.1) is 0 Å². The molecule has 0 bridgehead atoms. The van der Waals surface area contributed by atoms with E-state index in [0.29, 0.717) is 17.6 Å². The van der Waals surface area contributed by atoms with Gasteiger partial charge in [-0.3, -0.25) is 0 Å². The van der Waals surface area contributed by atoms with Gasteiger partial charge in [0.05, 0.1) is 0 Å². The van der Waals surface area contributed by atoms with Crippen LogP contribution in [0.5, 0.6) is 0 Å². The lowest BCUT2D eigenvalue weighted by atomic mass is 10.3. The lowest BCUT2D eigenvalue weighted by Gasteiger charge is -2.20. The highest BCUT2D eigenvalue weighted by Gasteiger charge is 2.04. The smallest absolute Gasteiger partial charge is 0.182 e. The van der Waals surface area contributed by atoms with E-state index in [1.807, 2.05) is 6.07 Å². The van der Waals surface area contributed by atoms with Crippen LogP contribution in [0.25, 0.3) is 0 Å². The van der Waals surface area contributed by atoms with Gasteiger partial charge >= 0.3 is 0 Å². The Bertz CT molecular complexity index is 383. The van der Waals surface area contributed by atoms with Crippen LogP contribution in [0.2, 0.25) is 0 Å². The maximum Gasteiger partial charge on any atom is 0.182 e. The highest BCUT2D eigenvalue weighted by atomic mass is 15.1. The van der Waals surface area contributed by atoms with Crippen molar-refractivity contribution >= 4 is 5.82 Å². The molecule has 0 saturated heterocycles. The first-order valence-corrected chi connectivity index (χ1v) is 5.80. The molecule has 0 aliphatic rings. The highest BCUT2D eigenvalue weighted by molar-refractivity contribution is 5.46. The van der Waals surface area contributed by atoms with Crippen LogP contribution < -0.4 is 5.32 Å². The second kappa shape index (κ2) is 6.81. The minimum Gasteiger partial charge on any atom is -0.368 e. The number of rotatable bonds is 6. The van der Waals surface area contributed by atoms with Gasteiger partial charge in [-0.05, 0) is 33.9 Å². The van der Waals surface area contributed by atoms with E-state index in [2.05, 4.69) is 41.1 Å². The predicted molar refractivity (Wildman–Crippen MR) is 67.6 cm³/mol. The molecule has 5 heteroatoms. The third-order valence-electron chi connectivity index (χ3n) is 2.67. The van der Waals surface area contributed by atoms with Gasteiger partial charge in [0.2, 0.25) is 0 Å². The number of hydrogen-bond donors (Lipinski definition) is 1. The first-order valence-electron chi connectivity index (χ1n) is 5.80. The summed E-state index contributed by atoms with van der Waals surface area (Å²) in [6.07, 6.45) is 4.12. The highest BCUT2D eigenvalue weighted by Crippen LogP contribution is 2.06. The van der Waals surface area contributed by atoms with Crippen LogP contribution in [-0.4, -0.2) is 41.0 Å². The number of nitrogens with zero attached hydrogens (tertiary/aromatic N) is 4. The Morgan fingerprint density at radius 3 is 2.76 bits per heavy atom. The van der Waals surface area contributed by atoms with Crippen molar-refractivity contribution in [2.75, 3.05) is 25.5 Å². The molecule has 1 N–H and O–H groups in total. The Balaban J connectivity index is 2.34. The van der Waals surface area contributed by atoms with E-state index in [1.54, 1.807) is 6.20 Å². The molecule has 17 heavy (non-hydrogen) atoms. The fourth-order valence-electron chi connectivity index (χ4n) is 1.34. The third-order valence-corrected chi connectivity index (χ3v) is 2.67. The van der Waals surface area contributed by atoms with E-state index in [9.17, 15) is 0 Å². The molecule has 1 heterocycles. The zero-order valence-corrected chi connectivity index (χ0v) is 10.6. The Kier molecular flexibility index (Phi) is 5.37. The number of nitrogens with one attached hydrogen (secondary N) is 1. The normalized spacial score (nSPS) is 10.6. The van der Waals surface area contributed by atoms with Crippen molar-refractivity contribution < 1.29 is 0 Å². The lowest BCUT2D eigenvalue weighted by Crippen LogP contribution is -2.28. The molecule has 5 nitrogen and oxygen atoms in total. The molecule has 0 aromatic carbocycles. The van der Waals surface area contributed by atoms with Crippen molar-refractivity contribution in [2.45, 2.75) is 26.3 Å². The molecule has 92 valence electrons. The average molecular weight is 233 g/mol. The summed E-state index contributed by atoms with van der Waals surface area (Å²) in [7, 11) is 2.10. The molecule has 0 unspecified atom stereocenters. The van der Waals surface area contributed by atoms with Crippen molar-refractivity contribution in [2.24, 2.45) is 0 Å². The summed E-state index contributed by atoms with van der Waals surface area (Å²) in [5.41, 5.74) is 0.352. The van der Waals surface area contributed by atoms with E-state index in [-0.39, 0.29) is 0 Å². The second-order valence-corrected chi connectivity index (χ2v) is 4.22. The minimum absolute atomic E-state index is 0.352. The fraction of sp³-hybridized carbons (Fsp3) is 0.583. The van der Waals surface area contributed by atoms with Crippen molar-refractivity contribution in [3.8, 4) is 6.07 Å². The summed E-state index contributed by atoms with van der Waals surface area (Å²) in [6.45, 7) is 6.16. The van der Waals surface area contributed by atoms with Gasteiger partial charge in [0.1, 0.15) is 6.07 Å². The lowest BCUT2D eigenvalue weighted by molar-refractivity contribution is 0.273. The van der Waals surface area contributed by atoms with Crippen molar-refractivity contribution in [1.29, 1.82) is 5.26 Å². The Morgan fingerprint density at radius 2 is 2.12 bits per heavy atom. The van der Waals surface area contributed by atoms with Gasteiger partial charge in [0.25, 0.3) is 0 Å². The molecule has 1 aromatic rings. The van der Waals surface area contributed by atoms with Crippen LogP contribution >= 0.6 is 0 Å². The summed E-state index contributed by atoms with van der Waals surface area (Å²) in [5.74, 6) is 0.571. The molecule has 0 spiro atoms. The second-order valence-electron chi connectivity index (χ2n) is 4.22. The summed E-state index contributed by atoms with van der Waals surface area (Å²) < 4.78 is 0. The zero-order chi connectivity index (χ0) is 12.7. The molecule has 0 atom stereocenters. The van der Waals surface area contributed by atoms with Crippen LogP contribution in [0.3, 0.4) is 0 Å². The van der Waals surface area contributed by atoms with Crippen LogP contribution in [0, 0.1) is 11.3 Å². The Morgan fingerprint density at radius 1 is 1.41 bits per heavy atom. The molecular weight excluding hydrogens is 214 g/mol. The van der Waals surface area contributed by atoms with Crippen molar-refractivity contribution in [1.82, 2.24) is 14.9 Å². The summed E-state index contributed by atoms with van der Waals surface area (Å²) >= 11 is 0. The van der Waals surface area contributed by atoms with Crippen molar-refractivity contribution in [3.05, 3.63) is 18.1 Å². The third kappa shape index (κ3) is 4.37. The first kappa shape index (κ1) is 13.4. The topological polar surface area (TPSA) is 64.8 Å². The largest absolute Gasteiger partial charge is 0.368 e. The van der Waals surface area contributed by atoms with E-state index >= 15 is 0 Å². The molecule has 0 aliphatic heterocycles. The molecule has 0 radical (unpaired) electrons. The van der Waals surface area contributed by atoms with E-state index < -0.39 is 0 Å². The average Bonchev–Trinajstić information content (AvgIpc) is 2.34. The van der Waals surface area contributed by atoms with Gasteiger partial charge in [-0.25, -0.2) is 9.97 Å². The SMILES string of the molecule is CC(C)N(C)CCCNc1nccnc1C#N. The fourth-order valence-corrected chi connectivity index (χ4v) is 1.34. The van der Waals surface area contributed by atoms with E-state index in [0.717, 1.165) is 19.5 Å². The Labute approximate surface area is 102 Å². The molecule has 0 saturated carbocycles. The number of nitriles is 1. The van der Waals surface area contributed by atoms with Gasteiger partial charge in [0, 0.05) is 25.0 Å². The quantitative estimate of drug-likeness (QED) is 0.754. The first-order chi connectivity index (χ1) is 8.15. The number of hydrogen-bond acceptors (Lipinski definition) is 5.